The maximum atomic E-state index is 6.17. The van der Waals surface area contributed by atoms with Gasteiger partial charge in [-0.3, -0.25) is 0 Å². The van der Waals surface area contributed by atoms with E-state index in [-0.39, 0.29) is 6.10 Å². The van der Waals surface area contributed by atoms with E-state index in [1.54, 1.807) is 0 Å². The lowest BCUT2D eigenvalue weighted by Crippen LogP contribution is -2.11. The normalized spacial score (nSPS) is 16.7. The lowest BCUT2D eigenvalue weighted by molar-refractivity contribution is 0.228. The number of aromatic nitrogens is 2. The average Bonchev–Trinajstić information content (AvgIpc) is 3.01. The van der Waals surface area contributed by atoms with Crippen LogP contribution in [-0.4, -0.2) is 15.9 Å². The molecule has 0 aliphatic carbocycles. The molecule has 0 saturated heterocycles. The molecule has 0 saturated carbocycles. The first-order valence-electron chi connectivity index (χ1n) is 8.05. The topological polar surface area (TPSA) is 39.1 Å². The van der Waals surface area contributed by atoms with Crippen LogP contribution in [0.25, 0.3) is 16.8 Å². The highest BCUT2D eigenvalue weighted by atomic mass is 16.5. The van der Waals surface area contributed by atoms with E-state index in [2.05, 4.69) is 30.0 Å². The number of hydrogen-bond donors (Lipinski definition) is 1. The minimum atomic E-state index is 0.0802. The van der Waals surface area contributed by atoms with Crippen molar-refractivity contribution in [2.75, 3.05) is 5.32 Å². The van der Waals surface area contributed by atoms with Crippen LogP contribution in [0.1, 0.15) is 13.3 Å². The van der Waals surface area contributed by atoms with Crippen LogP contribution in [0.4, 0.5) is 5.69 Å². The molecule has 2 aromatic carbocycles. The van der Waals surface area contributed by atoms with Crippen LogP contribution in [0, 0.1) is 0 Å². The summed E-state index contributed by atoms with van der Waals surface area (Å²) < 4.78 is 8.04. The van der Waals surface area contributed by atoms with Crippen molar-refractivity contribution in [1.82, 2.24) is 9.78 Å². The first kappa shape index (κ1) is 14.6. The molecule has 3 aromatic rings. The van der Waals surface area contributed by atoms with E-state index >= 15 is 0 Å². The molecular weight excluding hydrogens is 298 g/mol. The zero-order chi connectivity index (χ0) is 16.5. The van der Waals surface area contributed by atoms with E-state index in [0.29, 0.717) is 0 Å². The minimum Gasteiger partial charge on any atom is -0.487 e. The molecule has 24 heavy (non-hydrogen) atoms. The fraction of sp³-hybridized carbons (Fsp3) is 0.150. The highest BCUT2D eigenvalue weighted by molar-refractivity contribution is 5.79. The first-order chi connectivity index (χ1) is 11.7. The van der Waals surface area contributed by atoms with Crippen molar-refractivity contribution in [3.05, 3.63) is 73.2 Å². The van der Waals surface area contributed by atoms with Gasteiger partial charge in [-0.25, -0.2) is 4.68 Å². The fourth-order valence-electron chi connectivity index (χ4n) is 3.00. The number of fused-ring (bicyclic) bond motifs is 1. The van der Waals surface area contributed by atoms with Crippen LogP contribution < -0.4 is 10.1 Å². The number of ether oxygens (including phenoxy) is 1. The number of nitrogens with zero attached hydrogens (tertiary/aromatic N) is 2. The Bertz CT molecular complexity index is 883. The van der Waals surface area contributed by atoms with E-state index in [4.69, 9.17) is 4.74 Å². The van der Waals surface area contributed by atoms with E-state index in [9.17, 15) is 0 Å². The fourth-order valence-corrected chi connectivity index (χ4v) is 3.00. The molecule has 1 aliphatic rings. The summed E-state index contributed by atoms with van der Waals surface area (Å²) in [5, 5.41) is 7.85. The maximum absolute atomic E-state index is 6.17. The summed E-state index contributed by atoms with van der Waals surface area (Å²) in [5.74, 6) is 0.858. The standard InChI is InChI=1S/C20H19N3O/c1-14-11-15(2)24-20-18(9-6-10-19(20)22-14)16-12-21-23(13-16)17-7-4-3-5-8-17/h3-10,12-13,15,22H,1,11H2,2H3/t15-/m1/s1. The van der Waals surface area contributed by atoms with Gasteiger partial charge < -0.3 is 10.1 Å². The lowest BCUT2D eigenvalue weighted by Gasteiger charge is -2.15. The van der Waals surface area contributed by atoms with Gasteiger partial charge in [0.15, 0.2) is 5.75 Å². The predicted molar refractivity (Wildman–Crippen MR) is 96.5 cm³/mol. The van der Waals surface area contributed by atoms with Gasteiger partial charge in [0, 0.05) is 29.4 Å². The Morgan fingerprint density at radius 1 is 1.17 bits per heavy atom. The first-order valence-corrected chi connectivity index (χ1v) is 8.05. The van der Waals surface area contributed by atoms with E-state index < -0.39 is 0 Å². The van der Waals surface area contributed by atoms with Crippen molar-refractivity contribution >= 4 is 5.69 Å². The Balaban J connectivity index is 1.77. The molecular formula is C20H19N3O. The molecule has 0 bridgehead atoms. The number of hydrogen-bond acceptors (Lipinski definition) is 3. The van der Waals surface area contributed by atoms with Gasteiger partial charge in [0.05, 0.1) is 17.6 Å². The van der Waals surface area contributed by atoms with Crippen LogP contribution in [0.2, 0.25) is 0 Å². The van der Waals surface area contributed by atoms with Crippen LogP contribution in [0.5, 0.6) is 5.75 Å². The molecule has 0 unspecified atom stereocenters. The number of anilines is 1. The molecule has 1 aliphatic heterocycles. The van der Waals surface area contributed by atoms with Crippen LogP contribution in [0.3, 0.4) is 0 Å². The summed E-state index contributed by atoms with van der Waals surface area (Å²) >= 11 is 0. The Morgan fingerprint density at radius 2 is 2.00 bits per heavy atom. The second-order valence-corrected chi connectivity index (χ2v) is 6.05. The van der Waals surface area contributed by atoms with Crippen molar-refractivity contribution in [2.24, 2.45) is 0 Å². The summed E-state index contributed by atoms with van der Waals surface area (Å²) in [6.45, 7) is 6.12. The average molecular weight is 317 g/mol. The van der Waals surface area contributed by atoms with Gasteiger partial charge in [0.25, 0.3) is 0 Å². The number of nitrogens with one attached hydrogen (secondary N) is 1. The molecule has 0 spiro atoms. The van der Waals surface area contributed by atoms with Crippen molar-refractivity contribution in [2.45, 2.75) is 19.4 Å². The van der Waals surface area contributed by atoms with Gasteiger partial charge in [-0.05, 0) is 25.1 Å². The molecule has 4 nitrogen and oxygen atoms in total. The van der Waals surface area contributed by atoms with E-state index in [1.807, 2.05) is 59.5 Å². The van der Waals surface area contributed by atoms with Crippen LogP contribution in [-0.2, 0) is 0 Å². The van der Waals surface area contributed by atoms with Gasteiger partial charge >= 0.3 is 0 Å². The minimum absolute atomic E-state index is 0.0802. The molecule has 0 fully saturated rings. The number of rotatable bonds is 2. The molecule has 4 heteroatoms. The molecule has 0 radical (unpaired) electrons. The Labute approximate surface area is 141 Å². The van der Waals surface area contributed by atoms with Crippen molar-refractivity contribution in [3.8, 4) is 22.6 Å². The second-order valence-electron chi connectivity index (χ2n) is 6.05. The Kier molecular flexibility index (Phi) is 3.58. The zero-order valence-electron chi connectivity index (χ0n) is 13.6. The summed E-state index contributed by atoms with van der Waals surface area (Å²) in [4.78, 5) is 0. The SMILES string of the molecule is C=C1C[C@@H](C)Oc2c(cccc2-c2cnn(-c3ccccc3)c2)N1. The highest BCUT2D eigenvalue weighted by Crippen LogP contribution is 2.40. The summed E-state index contributed by atoms with van der Waals surface area (Å²) in [6, 6.07) is 16.2. The zero-order valence-corrected chi connectivity index (χ0v) is 13.6. The van der Waals surface area contributed by atoms with Gasteiger partial charge in [-0.15, -0.1) is 0 Å². The number of para-hydroxylation sites is 2. The largest absolute Gasteiger partial charge is 0.487 e. The number of benzene rings is 2. The molecule has 2 heterocycles. The third-order valence-corrected chi connectivity index (χ3v) is 4.09. The van der Waals surface area contributed by atoms with Gasteiger partial charge in [0.2, 0.25) is 0 Å². The maximum Gasteiger partial charge on any atom is 0.151 e. The Hall–Kier alpha value is -3.01. The van der Waals surface area contributed by atoms with Gasteiger partial charge in [-0.2, -0.15) is 5.10 Å². The quantitative estimate of drug-likeness (QED) is 0.748. The molecule has 0 amide bonds. The van der Waals surface area contributed by atoms with Crippen molar-refractivity contribution in [1.29, 1.82) is 0 Å². The Morgan fingerprint density at radius 3 is 2.83 bits per heavy atom. The second kappa shape index (κ2) is 5.89. The highest BCUT2D eigenvalue weighted by Gasteiger charge is 2.20. The summed E-state index contributed by atoms with van der Waals surface area (Å²) in [7, 11) is 0. The molecule has 4 rings (SSSR count). The predicted octanol–water partition coefficient (Wildman–Crippen LogP) is 4.64. The van der Waals surface area contributed by atoms with E-state index in [1.165, 1.54) is 0 Å². The lowest BCUT2D eigenvalue weighted by atomic mass is 10.1. The molecule has 1 N–H and O–H groups in total. The third-order valence-electron chi connectivity index (χ3n) is 4.09. The van der Waals surface area contributed by atoms with Crippen molar-refractivity contribution in [3.63, 3.8) is 0 Å². The summed E-state index contributed by atoms with van der Waals surface area (Å²) in [6.07, 6.45) is 4.77. The smallest absolute Gasteiger partial charge is 0.151 e. The summed E-state index contributed by atoms with van der Waals surface area (Å²) in [5.41, 5.74) is 5.01. The van der Waals surface area contributed by atoms with E-state index in [0.717, 1.165) is 40.4 Å². The van der Waals surface area contributed by atoms with Crippen LogP contribution in [0.15, 0.2) is 73.2 Å². The third kappa shape index (κ3) is 2.67. The van der Waals surface area contributed by atoms with Crippen LogP contribution >= 0.6 is 0 Å². The molecule has 1 aromatic heterocycles. The van der Waals surface area contributed by atoms with Crippen molar-refractivity contribution < 1.29 is 4.74 Å². The molecule has 120 valence electrons. The van der Waals surface area contributed by atoms with Gasteiger partial charge in [0.1, 0.15) is 6.10 Å². The molecule has 1 atom stereocenters. The van der Waals surface area contributed by atoms with Gasteiger partial charge in [-0.1, -0.05) is 36.9 Å². The monoisotopic (exact) mass is 317 g/mol.